The number of nitrogens with zero attached hydrogens (tertiary/aromatic N) is 3. The fourth-order valence-corrected chi connectivity index (χ4v) is 6.35. The molecule has 0 spiro atoms. The number of rotatable bonds is 4. The number of aliphatic carboxylic acids is 1. The van der Waals surface area contributed by atoms with Gasteiger partial charge >= 0.3 is 5.97 Å². The molecular formula is C32H37ClFN3O5. The third-order valence-electron chi connectivity index (χ3n) is 8.54. The van der Waals surface area contributed by atoms with Crippen molar-refractivity contribution < 1.29 is 28.3 Å². The van der Waals surface area contributed by atoms with Gasteiger partial charge in [0.05, 0.1) is 22.2 Å². The number of aromatic nitrogens is 1. The van der Waals surface area contributed by atoms with Crippen molar-refractivity contribution in [3.63, 3.8) is 0 Å². The Kier molecular flexibility index (Phi) is 7.85. The SMILES string of the molecule is CC(C)(C)c1cc(-c2ccc(Cl)c(F)c2)nc2cc(C(=O)N3CCN(C(=O)[C@@H]4CCC[C@H](C(=O)O)C4)CC3(C)C)oc12. The van der Waals surface area contributed by atoms with Crippen LogP contribution in [0.2, 0.25) is 5.02 Å². The summed E-state index contributed by atoms with van der Waals surface area (Å²) in [5.74, 6) is -2.36. The second-order valence-corrected chi connectivity index (χ2v) is 13.6. The molecule has 3 aromatic rings. The van der Waals surface area contributed by atoms with Crippen LogP contribution in [-0.4, -0.2) is 62.8 Å². The van der Waals surface area contributed by atoms with E-state index in [0.29, 0.717) is 61.3 Å². The van der Waals surface area contributed by atoms with E-state index in [9.17, 15) is 23.9 Å². The Balaban J connectivity index is 1.40. The molecule has 1 aliphatic carbocycles. The van der Waals surface area contributed by atoms with Gasteiger partial charge in [0, 0.05) is 42.7 Å². The van der Waals surface area contributed by atoms with Crippen molar-refractivity contribution in [3.05, 3.63) is 52.5 Å². The molecule has 42 heavy (non-hydrogen) atoms. The van der Waals surface area contributed by atoms with Gasteiger partial charge in [0.1, 0.15) is 11.3 Å². The molecule has 2 atom stereocenters. The van der Waals surface area contributed by atoms with Gasteiger partial charge in [-0.15, -0.1) is 0 Å². The van der Waals surface area contributed by atoms with Crippen LogP contribution in [0.3, 0.4) is 0 Å². The molecule has 1 aromatic carbocycles. The average molecular weight is 598 g/mol. The highest BCUT2D eigenvalue weighted by Gasteiger charge is 2.42. The van der Waals surface area contributed by atoms with E-state index in [1.165, 1.54) is 12.1 Å². The molecule has 1 saturated carbocycles. The Morgan fingerprint density at radius 2 is 1.81 bits per heavy atom. The maximum atomic E-state index is 14.3. The van der Waals surface area contributed by atoms with Gasteiger partial charge in [-0.1, -0.05) is 44.9 Å². The number of halogens is 2. The second-order valence-electron chi connectivity index (χ2n) is 13.2. The molecule has 224 valence electrons. The summed E-state index contributed by atoms with van der Waals surface area (Å²) in [6.07, 6.45) is 2.38. The first kappa shape index (κ1) is 30.0. The number of furan rings is 1. The lowest BCUT2D eigenvalue weighted by molar-refractivity contribution is -0.147. The summed E-state index contributed by atoms with van der Waals surface area (Å²) in [6, 6.07) is 8.02. The van der Waals surface area contributed by atoms with E-state index in [4.69, 9.17) is 21.0 Å². The van der Waals surface area contributed by atoms with Crippen LogP contribution in [0.15, 0.2) is 34.7 Å². The molecule has 2 fully saturated rings. The van der Waals surface area contributed by atoms with Gasteiger partial charge < -0.3 is 19.3 Å². The zero-order valence-corrected chi connectivity index (χ0v) is 25.4. The van der Waals surface area contributed by atoms with Gasteiger partial charge in [-0.3, -0.25) is 14.4 Å². The van der Waals surface area contributed by atoms with Crippen LogP contribution < -0.4 is 0 Å². The number of benzene rings is 1. The number of fused-ring (bicyclic) bond motifs is 1. The van der Waals surface area contributed by atoms with Crippen molar-refractivity contribution in [2.24, 2.45) is 11.8 Å². The Morgan fingerprint density at radius 3 is 2.45 bits per heavy atom. The van der Waals surface area contributed by atoms with Gasteiger partial charge in [0.2, 0.25) is 5.91 Å². The van der Waals surface area contributed by atoms with Crippen LogP contribution in [-0.2, 0) is 15.0 Å². The Labute approximate surface area is 249 Å². The van der Waals surface area contributed by atoms with Crippen molar-refractivity contribution in [2.45, 2.75) is 71.3 Å². The van der Waals surface area contributed by atoms with Crippen LogP contribution in [0.5, 0.6) is 0 Å². The maximum Gasteiger partial charge on any atom is 0.306 e. The lowest BCUT2D eigenvalue weighted by atomic mass is 9.80. The summed E-state index contributed by atoms with van der Waals surface area (Å²) in [5.41, 5.74) is 1.89. The Morgan fingerprint density at radius 1 is 1.10 bits per heavy atom. The predicted octanol–water partition coefficient (Wildman–Crippen LogP) is 6.54. The van der Waals surface area contributed by atoms with Crippen molar-refractivity contribution >= 4 is 40.5 Å². The minimum absolute atomic E-state index is 0.0275. The molecule has 0 bridgehead atoms. The van der Waals surface area contributed by atoms with Crippen LogP contribution >= 0.6 is 11.6 Å². The topological polar surface area (TPSA) is 104 Å². The van der Waals surface area contributed by atoms with Crippen molar-refractivity contribution in [3.8, 4) is 11.3 Å². The number of hydrogen-bond acceptors (Lipinski definition) is 5. The van der Waals surface area contributed by atoms with Gasteiger partial charge in [-0.25, -0.2) is 9.37 Å². The van der Waals surface area contributed by atoms with Crippen molar-refractivity contribution in [2.75, 3.05) is 19.6 Å². The standard InChI is InChI=1S/C32H37ClFN3O5/c1-31(2,3)21-15-24(18-9-10-22(33)23(34)14-18)35-25-16-26(42-27(21)25)29(39)37-12-11-36(17-32(37,4)5)28(38)19-7-6-8-20(13-19)30(40)41/h9-10,14-16,19-20H,6-8,11-13,17H2,1-5H3,(H,40,41)/t19-,20+/m1/s1. The van der Waals surface area contributed by atoms with E-state index in [2.05, 4.69) is 0 Å². The molecule has 5 rings (SSSR count). The first-order valence-electron chi connectivity index (χ1n) is 14.4. The number of amides is 2. The molecule has 0 radical (unpaired) electrons. The number of carboxylic acids is 1. The lowest BCUT2D eigenvalue weighted by Crippen LogP contribution is -2.62. The minimum Gasteiger partial charge on any atom is -0.481 e. The van der Waals surface area contributed by atoms with E-state index in [0.717, 1.165) is 12.0 Å². The largest absolute Gasteiger partial charge is 0.481 e. The number of carbonyl (C=O) groups excluding carboxylic acids is 2. The molecule has 2 aromatic heterocycles. The quantitative estimate of drug-likeness (QED) is 0.366. The Hall–Kier alpha value is -3.46. The number of piperazine rings is 1. The van der Waals surface area contributed by atoms with Crippen molar-refractivity contribution in [1.82, 2.24) is 14.8 Å². The molecule has 1 aliphatic heterocycles. The van der Waals surface area contributed by atoms with E-state index in [1.54, 1.807) is 21.9 Å². The highest BCUT2D eigenvalue weighted by molar-refractivity contribution is 6.30. The average Bonchev–Trinajstić information content (AvgIpc) is 3.36. The summed E-state index contributed by atoms with van der Waals surface area (Å²) in [4.78, 5) is 46.9. The highest BCUT2D eigenvalue weighted by atomic mass is 35.5. The van der Waals surface area contributed by atoms with E-state index >= 15 is 0 Å². The summed E-state index contributed by atoms with van der Waals surface area (Å²) in [6.45, 7) is 10.9. The number of carboxylic acid groups (broad SMARTS) is 1. The predicted molar refractivity (Wildman–Crippen MR) is 158 cm³/mol. The molecule has 2 aliphatic rings. The van der Waals surface area contributed by atoms with E-state index in [-0.39, 0.29) is 33.9 Å². The fourth-order valence-electron chi connectivity index (χ4n) is 6.24. The zero-order chi connectivity index (χ0) is 30.6. The van der Waals surface area contributed by atoms with E-state index < -0.39 is 23.2 Å². The third-order valence-corrected chi connectivity index (χ3v) is 8.85. The first-order valence-corrected chi connectivity index (χ1v) is 14.8. The highest BCUT2D eigenvalue weighted by Crippen LogP contribution is 2.37. The summed E-state index contributed by atoms with van der Waals surface area (Å²) < 4.78 is 20.4. The van der Waals surface area contributed by atoms with Crippen LogP contribution in [0.25, 0.3) is 22.4 Å². The molecule has 10 heteroatoms. The van der Waals surface area contributed by atoms with Crippen molar-refractivity contribution in [1.29, 1.82) is 0 Å². The number of carbonyl (C=O) groups is 3. The van der Waals surface area contributed by atoms with Gasteiger partial charge in [-0.2, -0.15) is 0 Å². The molecule has 0 unspecified atom stereocenters. The molecule has 8 nitrogen and oxygen atoms in total. The van der Waals surface area contributed by atoms with Gasteiger partial charge in [-0.05, 0) is 56.7 Å². The van der Waals surface area contributed by atoms with Crippen LogP contribution in [0, 0.1) is 17.7 Å². The first-order chi connectivity index (χ1) is 19.7. The summed E-state index contributed by atoms with van der Waals surface area (Å²) in [5, 5.41) is 9.47. The zero-order valence-electron chi connectivity index (χ0n) is 24.7. The monoisotopic (exact) mass is 597 g/mol. The summed E-state index contributed by atoms with van der Waals surface area (Å²) in [7, 11) is 0. The molecule has 1 N–H and O–H groups in total. The smallest absolute Gasteiger partial charge is 0.306 e. The third kappa shape index (κ3) is 5.76. The number of pyridine rings is 1. The lowest BCUT2D eigenvalue weighted by Gasteiger charge is -2.47. The summed E-state index contributed by atoms with van der Waals surface area (Å²) >= 11 is 5.89. The van der Waals surface area contributed by atoms with Gasteiger partial charge in [0.15, 0.2) is 11.3 Å². The molecule has 1 saturated heterocycles. The molecule has 3 heterocycles. The van der Waals surface area contributed by atoms with Crippen LogP contribution in [0.1, 0.15) is 76.4 Å². The normalized spacial score (nSPS) is 21.0. The fraction of sp³-hybridized carbons (Fsp3) is 0.500. The second kappa shape index (κ2) is 11.0. The molecule has 2 amide bonds. The number of hydrogen-bond donors (Lipinski definition) is 1. The molecular weight excluding hydrogens is 561 g/mol. The maximum absolute atomic E-state index is 14.3. The van der Waals surface area contributed by atoms with Gasteiger partial charge in [0.25, 0.3) is 5.91 Å². The van der Waals surface area contributed by atoms with E-state index in [1.807, 2.05) is 40.7 Å². The Bertz CT molecular complexity index is 1560. The minimum atomic E-state index is -0.842. The van der Waals surface area contributed by atoms with Crippen LogP contribution in [0.4, 0.5) is 4.39 Å².